The predicted octanol–water partition coefficient (Wildman–Crippen LogP) is 2.32. The lowest BCUT2D eigenvalue weighted by molar-refractivity contribution is 0.310. The van der Waals surface area contributed by atoms with Gasteiger partial charge >= 0.3 is 0 Å². The first kappa shape index (κ1) is 13.1. The fourth-order valence-electron chi connectivity index (χ4n) is 2.97. The Balaban J connectivity index is 1.90. The van der Waals surface area contributed by atoms with E-state index in [0.29, 0.717) is 11.4 Å². The van der Waals surface area contributed by atoms with Crippen molar-refractivity contribution in [2.75, 3.05) is 23.7 Å². The molecule has 5 nitrogen and oxygen atoms in total. The molecule has 0 bridgehead atoms. The van der Waals surface area contributed by atoms with Crippen LogP contribution in [-0.2, 0) is 0 Å². The van der Waals surface area contributed by atoms with Gasteiger partial charge in [0.15, 0.2) is 5.82 Å². The van der Waals surface area contributed by atoms with E-state index in [9.17, 15) is 4.39 Å². The number of nitrogens with zero attached hydrogens (tertiary/aromatic N) is 4. The van der Waals surface area contributed by atoms with Crippen molar-refractivity contribution in [1.82, 2.24) is 14.6 Å². The second kappa shape index (κ2) is 4.92. The summed E-state index contributed by atoms with van der Waals surface area (Å²) < 4.78 is 15.5. The Hall–Kier alpha value is -1.85. The topological polar surface area (TPSA) is 59.5 Å². The number of hydrogen-bond donors (Lipinski definition) is 1. The van der Waals surface area contributed by atoms with E-state index in [1.165, 1.54) is 12.3 Å². The van der Waals surface area contributed by atoms with Crippen molar-refractivity contribution in [2.45, 2.75) is 26.7 Å². The Morgan fingerprint density at radius 2 is 2.05 bits per heavy atom. The molecule has 1 aliphatic rings. The third-order valence-corrected chi connectivity index (χ3v) is 4.27. The maximum absolute atomic E-state index is 13.9. The van der Waals surface area contributed by atoms with Gasteiger partial charge in [0.25, 0.3) is 0 Å². The average molecular weight is 277 g/mol. The van der Waals surface area contributed by atoms with Gasteiger partial charge in [-0.3, -0.25) is 0 Å². The van der Waals surface area contributed by atoms with Crippen molar-refractivity contribution in [2.24, 2.45) is 11.8 Å². The molecule has 0 atom stereocenters. The number of piperidine rings is 1. The standard InChI is InChI=1S/C14H20FN5/c1-9(2)10-3-5-19(6-4-10)13-7-11(15)12-8-17-14(16)18-20(12)13/h7-10H,3-6H2,1-2H3,(H2,16,18). The molecule has 6 heteroatoms. The van der Waals surface area contributed by atoms with Crippen LogP contribution in [0, 0.1) is 17.7 Å². The first-order chi connectivity index (χ1) is 9.56. The molecule has 3 heterocycles. The molecular formula is C14H20FN5. The number of hydrogen-bond acceptors (Lipinski definition) is 4. The Bertz CT molecular complexity index is 613. The lowest BCUT2D eigenvalue weighted by atomic mass is 9.87. The summed E-state index contributed by atoms with van der Waals surface area (Å²) in [7, 11) is 0. The SMILES string of the molecule is CC(C)C1CCN(c2cc(F)c3cnc(N)nn23)CC1. The summed E-state index contributed by atoms with van der Waals surface area (Å²) in [5, 5.41) is 4.13. The molecular weight excluding hydrogens is 257 g/mol. The van der Waals surface area contributed by atoms with E-state index >= 15 is 0 Å². The molecule has 108 valence electrons. The van der Waals surface area contributed by atoms with Crippen LogP contribution < -0.4 is 10.6 Å². The molecule has 0 saturated carbocycles. The normalized spacial score (nSPS) is 17.3. The van der Waals surface area contributed by atoms with Gasteiger partial charge in [0.2, 0.25) is 5.95 Å². The molecule has 3 rings (SSSR count). The van der Waals surface area contributed by atoms with E-state index in [1.54, 1.807) is 4.52 Å². The Morgan fingerprint density at radius 1 is 1.35 bits per heavy atom. The molecule has 2 N–H and O–H groups in total. The molecule has 1 aliphatic heterocycles. The van der Waals surface area contributed by atoms with E-state index in [4.69, 9.17) is 5.73 Å². The van der Waals surface area contributed by atoms with Crippen molar-refractivity contribution >= 4 is 17.3 Å². The summed E-state index contributed by atoms with van der Waals surface area (Å²) in [4.78, 5) is 6.03. The van der Waals surface area contributed by atoms with Gasteiger partial charge in [0.05, 0.1) is 6.20 Å². The summed E-state index contributed by atoms with van der Waals surface area (Å²) in [6.07, 6.45) is 3.70. The Morgan fingerprint density at radius 3 is 2.70 bits per heavy atom. The highest BCUT2D eigenvalue weighted by molar-refractivity contribution is 5.58. The lowest BCUT2D eigenvalue weighted by Crippen LogP contribution is -2.36. The highest BCUT2D eigenvalue weighted by atomic mass is 19.1. The smallest absolute Gasteiger partial charge is 0.238 e. The van der Waals surface area contributed by atoms with E-state index in [-0.39, 0.29) is 11.8 Å². The molecule has 20 heavy (non-hydrogen) atoms. The van der Waals surface area contributed by atoms with E-state index in [1.807, 2.05) is 0 Å². The van der Waals surface area contributed by atoms with Crippen molar-refractivity contribution in [3.63, 3.8) is 0 Å². The van der Waals surface area contributed by atoms with E-state index in [0.717, 1.165) is 37.7 Å². The molecule has 2 aromatic heterocycles. The largest absolute Gasteiger partial charge is 0.367 e. The minimum Gasteiger partial charge on any atom is -0.367 e. The summed E-state index contributed by atoms with van der Waals surface area (Å²) in [6, 6.07) is 1.53. The predicted molar refractivity (Wildman–Crippen MR) is 77.1 cm³/mol. The summed E-state index contributed by atoms with van der Waals surface area (Å²) in [5.74, 6) is 2.09. The van der Waals surface area contributed by atoms with Crippen molar-refractivity contribution in [3.8, 4) is 0 Å². The highest BCUT2D eigenvalue weighted by Crippen LogP contribution is 2.29. The van der Waals surface area contributed by atoms with Gasteiger partial charge in [-0.15, -0.1) is 5.10 Å². The molecule has 2 aromatic rings. The Kier molecular flexibility index (Phi) is 3.23. The number of aromatic nitrogens is 3. The van der Waals surface area contributed by atoms with Crippen LogP contribution in [-0.4, -0.2) is 27.7 Å². The van der Waals surface area contributed by atoms with Gasteiger partial charge in [0, 0.05) is 19.2 Å². The second-order valence-electron chi connectivity index (χ2n) is 5.83. The maximum Gasteiger partial charge on any atom is 0.238 e. The molecule has 0 aliphatic carbocycles. The van der Waals surface area contributed by atoms with Crippen molar-refractivity contribution in [3.05, 3.63) is 18.1 Å². The fourth-order valence-corrected chi connectivity index (χ4v) is 2.97. The Labute approximate surface area is 117 Å². The zero-order chi connectivity index (χ0) is 14.3. The van der Waals surface area contributed by atoms with Crippen molar-refractivity contribution < 1.29 is 4.39 Å². The van der Waals surface area contributed by atoms with Gasteiger partial charge < -0.3 is 10.6 Å². The van der Waals surface area contributed by atoms with E-state index in [2.05, 4.69) is 28.8 Å². The highest BCUT2D eigenvalue weighted by Gasteiger charge is 2.24. The molecule has 0 amide bonds. The fraction of sp³-hybridized carbons (Fsp3) is 0.571. The first-order valence-corrected chi connectivity index (χ1v) is 7.11. The third kappa shape index (κ3) is 2.19. The van der Waals surface area contributed by atoms with E-state index < -0.39 is 0 Å². The maximum atomic E-state index is 13.9. The van der Waals surface area contributed by atoms with Gasteiger partial charge in [0.1, 0.15) is 11.3 Å². The zero-order valence-electron chi connectivity index (χ0n) is 11.9. The second-order valence-corrected chi connectivity index (χ2v) is 5.83. The number of halogens is 1. The van der Waals surface area contributed by atoms with Crippen LogP contribution in [0.15, 0.2) is 12.3 Å². The number of fused-ring (bicyclic) bond motifs is 1. The van der Waals surface area contributed by atoms with Gasteiger partial charge in [-0.05, 0) is 24.7 Å². The summed E-state index contributed by atoms with van der Waals surface area (Å²) in [5.41, 5.74) is 5.98. The molecule has 0 aromatic carbocycles. The van der Waals surface area contributed by atoms with Crippen LogP contribution in [0.3, 0.4) is 0 Å². The first-order valence-electron chi connectivity index (χ1n) is 7.11. The minimum atomic E-state index is -0.300. The minimum absolute atomic E-state index is 0.159. The van der Waals surface area contributed by atoms with Crippen LogP contribution in [0.4, 0.5) is 16.2 Å². The number of anilines is 2. The van der Waals surface area contributed by atoms with Crippen LogP contribution in [0.1, 0.15) is 26.7 Å². The monoisotopic (exact) mass is 277 g/mol. The summed E-state index contributed by atoms with van der Waals surface area (Å²) >= 11 is 0. The molecule has 1 fully saturated rings. The number of rotatable bonds is 2. The quantitative estimate of drug-likeness (QED) is 0.915. The molecule has 1 saturated heterocycles. The average Bonchev–Trinajstić information content (AvgIpc) is 2.75. The summed E-state index contributed by atoms with van der Waals surface area (Å²) in [6.45, 7) is 6.39. The van der Waals surface area contributed by atoms with Crippen LogP contribution in [0.2, 0.25) is 0 Å². The van der Waals surface area contributed by atoms with Crippen LogP contribution in [0.25, 0.3) is 5.52 Å². The lowest BCUT2D eigenvalue weighted by Gasteiger charge is -2.34. The molecule has 0 spiro atoms. The van der Waals surface area contributed by atoms with Gasteiger partial charge in [-0.1, -0.05) is 13.8 Å². The number of nitrogens with two attached hydrogens (primary N) is 1. The van der Waals surface area contributed by atoms with Gasteiger partial charge in [-0.25, -0.2) is 13.9 Å². The van der Waals surface area contributed by atoms with Crippen LogP contribution in [0.5, 0.6) is 0 Å². The van der Waals surface area contributed by atoms with Crippen molar-refractivity contribution in [1.29, 1.82) is 0 Å². The van der Waals surface area contributed by atoms with Crippen LogP contribution >= 0.6 is 0 Å². The number of nitrogen functional groups attached to an aromatic ring is 1. The molecule has 0 unspecified atom stereocenters. The third-order valence-electron chi connectivity index (χ3n) is 4.27. The zero-order valence-corrected chi connectivity index (χ0v) is 11.9. The molecule has 0 radical (unpaired) electrons. The van der Waals surface area contributed by atoms with Gasteiger partial charge in [-0.2, -0.15) is 0 Å².